The molecule has 1 N–H and O–H groups in total. The Hall–Kier alpha value is 0.470. The van der Waals surface area contributed by atoms with Crippen molar-refractivity contribution in [3.8, 4) is 0 Å². The molecule has 0 saturated heterocycles. The van der Waals surface area contributed by atoms with Crippen LogP contribution in [0, 0.1) is 5.92 Å². The van der Waals surface area contributed by atoms with E-state index in [0.717, 1.165) is 25.7 Å². The maximum atomic E-state index is 10.3. The minimum absolute atomic E-state index is 0. The van der Waals surface area contributed by atoms with Gasteiger partial charge in [0.2, 0.25) is 0 Å². The van der Waals surface area contributed by atoms with E-state index in [9.17, 15) is 4.79 Å². The second-order valence-electron chi connectivity index (χ2n) is 2.74. The molecule has 0 aromatic rings. The van der Waals surface area contributed by atoms with E-state index in [4.69, 9.17) is 5.11 Å². The summed E-state index contributed by atoms with van der Waals surface area (Å²) in [5.74, 6) is -0.831. The normalized spacial score (nSPS) is 11.8. The fourth-order valence-electron chi connectivity index (χ4n) is 0.824. The Balaban J connectivity index is 0. The molecule has 0 bridgehead atoms. The van der Waals surface area contributed by atoms with E-state index >= 15 is 0 Å². The van der Waals surface area contributed by atoms with Gasteiger partial charge in [-0.2, -0.15) is 0 Å². The third-order valence-corrected chi connectivity index (χ3v) is 1.66. The predicted octanol–water partition coefficient (Wildman–Crippen LogP) is 1.64. The number of unbranched alkanes of at least 4 members (excludes halogenated alkanes) is 2. The monoisotopic (exact) mass is 168 g/mol. The number of aliphatic carboxylic acids is 1. The van der Waals surface area contributed by atoms with Crippen LogP contribution in [0.1, 0.15) is 39.5 Å². The molecule has 0 amide bonds. The summed E-state index contributed by atoms with van der Waals surface area (Å²) in [5, 5.41) is 8.48. The second-order valence-corrected chi connectivity index (χ2v) is 2.74. The fraction of sp³-hybridized carbons (Fsp3) is 0.875. The predicted molar refractivity (Wildman–Crippen MR) is 48.1 cm³/mol. The SMILES string of the molecule is CCCCCC(C)C(=O)O.[NaH]. The van der Waals surface area contributed by atoms with Gasteiger partial charge in [0, 0.05) is 0 Å². The zero-order chi connectivity index (χ0) is 7.98. The van der Waals surface area contributed by atoms with Gasteiger partial charge in [-0.05, 0) is 6.42 Å². The van der Waals surface area contributed by atoms with Crippen molar-refractivity contribution < 1.29 is 9.90 Å². The van der Waals surface area contributed by atoms with Crippen molar-refractivity contribution in [1.29, 1.82) is 0 Å². The molecule has 3 heteroatoms. The van der Waals surface area contributed by atoms with Crippen LogP contribution >= 0.6 is 0 Å². The van der Waals surface area contributed by atoms with Gasteiger partial charge in [0.05, 0.1) is 5.92 Å². The third kappa shape index (κ3) is 8.38. The van der Waals surface area contributed by atoms with E-state index in [0.29, 0.717) is 0 Å². The Morgan fingerprint density at radius 1 is 1.45 bits per heavy atom. The van der Waals surface area contributed by atoms with Crippen LogP contribution in [-0.2, 0) is 4.79 Å². The van der Waals surface area contributed by atoms with Gasteiger partial charge in [-0.1, -0.05) is 33.1 Å². The molecule has 0 aliphatic heterocycles. The van der Waals surface area contributed by atoms with E-state index in [1.54, 1.807) is 6.92 Å². The molecule has 0 aromatic carbocycles. The Bertz CT molecular complexity index is 104. The molecule has 0 aliphatic carbocycles. The van der Waals surface area contributed by atoms with Gasteiger partial charge in [-0.15, -0.1) is 0 Å². The third-order valence-electron chi connectivity index (χ3n) is 1.66. The van der Waals surface area contributed by atoms with Crippen molar-refractivity contribution in [3.63, 3.8) is 0 Å². The number of hydrogen-bond acceptors (Lipinski definition) is 1. The molecule has 0 radical (unpaired) electrons. The van der Waals surface area contributed by atoms with Crippen molar-refractivity contribution in [1.82, 2.24) is 0 Å². The van der Waals surface area contributed by atoms with Crippen molar-refractivity contribution >= 4 is 35.5 Å². The first-order chi connectivity index (χ1) is 4.68. The van der Waals surface area contributed by atoms with E-state index in [1.807, 2.05) is 0 Å². The Morgan fingerprint density at radius 2 is 2.00 bits per heavy atom. The molecule has 11 heavy (non-hydrogen) atoms. The molecule has 62 valence electrons. The van der Waals surface area contributed by atoms with Crippen LogP contribution in [0.25, 0.3) is 0 Å². The van der Waals surface area contributed by atoms with E-state index in [2.05, 4.69) is 6.92 Å². The van der Waals surface area contributed by atoms with E-state index < -0.39 is 5.97 Å². The van der Waals surface area contributed by atoms with Crippen LogP contribution in [0.2, 0.25) is 0 Å². The summed E-state index contributed by atoms with van der Waals surface area (Å²) in [6, 6.07) is 0. The second kappa shape index (κ2) is 8.57. The molecule has 0 aromatic heterocycles. The van der Waals surface area contributed by atoms with Gasteiger partial charge >= 0.3 is 35.5 Å². The Labute approximate surface area is 90.7 Å². The van der Waals surface area contributed by atoms with Gasteiger partial charge in [0.1, 0.15) is 0 Å². The molecule has 1 unspecified atom stereocenters. The molecule has 0 heterocycles. The number of rotatable bonds is 5. The first kappa shape index (κ1) is 14.0. The molecular weight excluding hydrogens is 151 g/mol. The van der Waals surface area contributed by atoms with Gasteiger partial charge in [-0.3, -0.25) is 4.79 Å². The maximum absolute atomic E-state index is 10.3. The summed E-state index contributed by atoms with van der Waals surface area (Å²) < 4.78 is 0. The topological polar surface area (TPSA) is 37.3 Å². The van der Waals surface area contributed by atoms with Crippen molar-refractivity contribution in [2.24, 2.45) is 5.92 Å². The van der Waals surface area contributed by atoms with Crippen LogP contribution in [0.3, 0.4) is 0 Å². The zero-order valence-electron chi connectivity index (χ0n) is 6.76. The number of hydrogen-bond donors (Lipinski definition) is 1. The van der Waals surface area contributed by atoms with Gasteiger partial charge < -0.3 is 5.11 Å². The summed E-state index contributed by atoms with van der Waals surface area (Å²) in [7, 11) is 0. The minimum atomic E-state index is -0.670. The molecule has 0 spiro atoms. The zero-order valence-corrected chi connectivity index (χ0v) is 6.76. The van der Waals surface area contributed by atoms with Gasteiger partial charge in [-0.25, -0.2) is 0 Å². The standard InChI is InChI=1S/C8H16O2.Na.H/c1-3-4-5-6-7(2)8(9)10;;/h7H,3-6H2,1-2H3,(H,9,10);;. The quantitative estimate of drug-likeness (QED) is 0.500. The molecular formula is C8H17NaO2. The molecule has 1 atom stereocenters. The van der Waals surface area contributed by atoms with Gasteiger partial charge in [0.25, 0.3) is 0 Å². The van der Waals surface area contributed by atoms with E-state index in [-0.39, 0.29) is 35.5 Å². The first-order valence-corrected chi connectivity index (χ1v) is 3.91. The summed E-state index contributed by atoms with van der Waals surface area (Å²) in [4.78, 5) is 10.3. The average molecular weight is 168 g/mol. The molecule has 0 aliphatic rings. The first-order valence-electron chi connectivity index (χ1n) is 3.91. The van der Waals surface area contributed by atoms with Crippen molar-refractivity contribution in [2.75, 3.05) is 0 Å². The van der Waals surface area contributed by atoms with Crippen molar-refractivity contribution in [2.45, 2.75) is 39.5 Å². The van der Waals surface area contributed by atoms with Crippen LogP contribution in [0.15, 0.2) is 0 Å². The molecule has 0 fully saturated rings. The fourth-order valence-corrected chi connectivity index (χ4v) is 0.824. The van der Waals surface area contributed by atoms with Crippen LogP contribution in [0.5, 0.6) is 0 Å². The summed E-state index contributed by atoms with van der Waals surface area (Å²) >= 11 is 0. The Kier molecular flexibility index (Phi) is 10.9. The molecule has 2 nitrogen and oxygen atoms in total. The number of carbonyl (C=O) groups is 1. The molecule has 0 rings (SSSR count). The average Bonchev–Trinajstić information content (AvgIpc) is 1.88. The number of carboxylic acids is 1. The summed E-state index contributed by atoms with van der Waals surface area (Å²) in [6.45, 7) is 3.88. The number of carboxylic acid groups (broad SMARTS) is 1. The summed E-state index contributed by atoms with van der Waals surface area (Å²) in [6.07, 6.45) is 4.18. The van der Waals surface area contributed by atoms with Crippen molar-refractivity contribution in [3.05, 3.63) is 0 Å². The Morgan fingerprint density at radius 3 is 2.36 bits per heavy atom. The summed E-state index contributed by atoms with van der Waals surface area (Å²) in [5.41, 5.74) is 0. The van der Waals surface area contributed by atoms with Crippen LogP contribution < -0.4 is 0 Å². The van der Waals surface area contributed by atoms with E-state index in [1.165, 1.54) is 0 Å². The van der Waals surface area contributed by atoms with Gasteiger partial charge in [0.15, 0.2) is 0 Å². The van der Waals surface area contributed by atoms with Crippen LogP contribution in [0.4, 0.5) is 0 Å². The molecule has 0 saturated carbocycles. The van der Waals surface area contributed by atoms with Crippen LogP contribution in [-0.4, -0.2) is 40.6 Å².